The second-order valence-corrected chi connectivity index (χ2v) is 4.85. The number of hydrogen-bond acceptors (Lipinski definition) is 3. The zero-order chi connectivity index (χ0) is 15.4. The van der Waals surface area contributed by atoms with Crippen molar-refractivity contribution >= 4 is 5.69 Å². The van der Waals surface area contributed by atoms with Crippen LogP contribution in [0.1, 0.15) is 0 Å². The summed E-state index contributed by atoms with van der Waals surface area (Å²) in [4.78, 5) is 0. The minimum Gasteiger partial charge on any atom is -0.508 e. The maximum absolute atomic E-state index is 9.73. The van der Waals surface area contributed by atoms with Gasteiger partial charge in [-0.25, -0.2) is 5.21 Å². The molecule has 0 aromatic heterocycles. The van der Waals surface area contributed by atoms with Gasteiger partial charge in [-0.2, -0.15) is 5.48 Å². The van der Waals surface area contributed by atoms with Gasteiger partial charge in [0.1, 0.15) is 17.2 Å². The number of quaternary nitrogens is 1. The number of ether oxygens (including phenoxy) is 1. The summed E-state index contributed by atoms with van der Waals surface area (Å²) in [6.07, 6.45) is 0. The third kappa shape index (κ3) is 3.09. The van der Waals surface area contributed by atoms with E-state index in [1.54, 1.807) is 36.4 Å². The maximum Gasteiger partial charge on any atom is 0.161 e. The van der Waals surface area contributed by atoms with Crippen molar-refractivity contribution in [3.8, 4) is 28.4 Å². The van der Waals surface area contributed by atoms with Crippen LogP contribution in [0.4, 0.5) is 5.69 Å². The van der Waals surface area contributed by atoms with Gasteiger partial charge in [-0.1, -0.05) is 30.3 Å². The van der Waals surface area contributed by atoms with Crippen LogP contribution in [0.2, 0.25) is 0 Å². The van der Waals surface area contributed by atoms with E-state index in [-0.39, 0.29) is 5.75 Å². The molecule has 3 aromatic carbocycles. The highest BCUT2D eigenvalue weighted by Gasteiger charge is 2.09. The van der Waals surface area contributed by atoms with E-state index in [9.17, 15) is 5.11 Å². The Kier molecular flexibility index (Phi) is 4.05. The second kappa shape index (κ2) is 6.30. The minimum absolute atomic E-state index is 0.148. The lowest BCUT2D eigenvalue weighted by atomic mass is 10.0. The Labute approximate surface area is 128 Å². The summed E-state index contributed by atoms with van der Waals surface area (Å²) < 4.78 is 5.89. The largest absolute Gasteiger partial charge is 0.508 e. The molecule has 0 atom stereocenters. The summed E-state index contributed by atoms with van der Waals surface area (Å²) in [5.41, 5.74) is 3.65. The predicted octanol–water partition coefficient (Wildman–Crippen LogP) is 3.44. The highest BCUT2D eigenvalue weighted by molar-refractivity contribution is 5.71. The van der Waals surface area contributed by atoms with Crippen LogP contribution < -0.4 is 10.2 Å². The van der Waals surface area contributed by atoms with E-state index in [2.05, 4.69) is 0 Å². The van der Waals surface area contributed by atoms with Crippen molar-refractivity contribution in [3.63, 3.8) is 0 Å². The first-order chi connectivity index (χ1) is 10.8. The van der Waals surface area contributed by atoms with E-state index in [4.69, 9.17) is 9.94 Å². The van der Waals surface area contributed by atoms with Gasteiger partial charge in [0.05, 0.1) is 0 Å². The fraction of sp³-hybridized carbons (Fsp3) is 0. The molecule has 4 N–H and O–H groups in total. The molecule has 110 valence electrons. The average Bonchev–Trinajstić information content (AvgIpc) is 2.56. The number of nitrogens with two attached hydrogens (primary N) is 1. The summed E-state index contributed by atoms with van der Waals surface area (Å²) in [6.45, 7) is 0. The Morgan fingerprint density at radius 3 is 2.23 bits per heavy atom. The van der Waals surface area contributed by atoms with E-state index in [1.807, 2.05) is 36.4 Å². The SMILES string of the molecule is O[NH2+]c1ccc(Oc2cc(O)ccc2-c2ccccc2)cc1. The molecular weight excluding hydrogens is 278 g/mol. The van der Waals surface area contributed by atoms with Crippen molar-refractivity contribution in [2.45, 2.75) is 0 Å². The molecule has 0 fully saturated rings. The van der Waals surface area contributed by atoms with Crippen molar-refractivity contribution < 1.29 is 20.5 Å². The van der Waals surface area contributed by atoms with Crippen molar-refractivity contribution in [2.24, 2.45) is 0 Å². The Hall–Kier alpha value is -2.82. The Bertz CT molecular complexity index is 755. The molecule has 3 rings (SSSR count). The van der Waals surface area contributed by atoms with Gasteiger partial charge in [-0.05, 0) is 29.8 Å². The molecular formula is C18H16NO3+. The molecule has 0 radical (unpaired) electrons. The molecule has 0 saturated heterocycles. The quantitative estimate of drug-likeness (QED) is 0.510. The van der Waals surface area contributed by atoms with Gasteiger partial charge in [0, 0.05) is 23.8 Å². The number of phenols is 1. The van der Waals surface area contributed by atoms with Gasteiger partial charge in [-0.15, -0.1) is 0 Å². The van der Waals surface area contributed by atoms with Crippen LogP contribution in [0.5, 0.6) is 17.2 Å². The van der Waals surface area contributed by atoms with Gasteiger partial charge in [-0.3, -0.25) is 0 Å². The highest BCUT2D eigenvalue weighted by atomic mass is 16.5. The number of hydrogen-bond donors (Lipinski definition) is 3. The number of phenolic OH excluding ortho intramolecular Hbond substituents is 1. The zero-order valence-corrected chi connectivity index (χ0v) is 11.8. The molecule has 0 bridgehead atoms. The molecule has 0 heterocycles. The first-order valence-electron chi connectivity index (χ1n) is 6.90. The third-order valence-corrected chi connectivity index (χ3v) is 3.31. The normalized spacial score (nSPS) is 10.4. The van der Waals surface area contributed by atoms with Crippen LogP contribution in [-0.4, -0.2) is 10.3 Å². The van der Waals surface area contributed by atoms with Crippen LogP contribution in [0.3, 0.4) is 0 Å². The Balaban J connectivity index is 1.96. The Morgan fingerprint density at radius 2 is 1.55 bits per heavy atom. The fourth-order valence-electron chi connectivity index (χ4n) is 2.20. The lowest BCUT2D eigenvalue weighted by molar-refractivity contribution is -0.825. The molecule has 0 saturated carbocycles. The van der Waals surface area contributed by atoms with E-state index in [0.717, 1.165) is 16.6 Å². The molecule has 22 heavy (non-hydrogen) atoms. The molecule has 0 unspecified atom stereocenters. The molecule has 0 amide bonds. The lowest BCUT2D eigenvalue weighted by Gasteiger charge is -2.12. The van der Waals surface area contributed by atoms with Crippen LogP contribution in [0.15, 0.2) is 72.8 Å². The van der Waals surface area contributed by atoms with Crippen molar-refractivity contribution in [1.29, 1.82) is 0 Å². The molecule has 4 nitrogen and oxygen atoms in total. The number of aromatic hydroxyl groups is 1. The summed E-state index contributed by atoms with van der Waals surface area (Å²) in [7, 11) is 0. The Morgan fingerprint density at radius 1 is 0.818 bits per heavy atom. The smallest absolute Gasteiger partial charge is 0.161 e. The molecule has 0 aliphatic carbocycles. The second-order valence-electron chi connectivity index (χ2n) is 4.85. The van der Waals surface area contributed by atoms with E-state index in [1.165, 1.54) is 0 Å². The molecule has 0 aliphatic rings. The lowest BCUT2D eigenvalue weighted by Crippen LogP contribution is -2.73. The van der Waals surface area contributed by atoms with Crippen molar-refractivity contribution in [3.05, 3.63) is 72.8 Å². The first-order valence-corrected chi connectivity index (χ1v) is 6.90. The molecule has 0 spiro atoms. The highest BCUT2D eigenvalue weighted by Crippen LogP contribution is 2.35. The van der Waals surface area contributed by atoms with Crippen molar-refractivity contribution in [2.75, 3.05) is 0 Å². The van der Waals surface area contributed by atoms with Crippen LogP contribution >= 0.6 is 0 Å². The predicted molar refractivity (Wildman–Crippen MR) is 83.4 cm³/mol. The monoisotopic (exact) mass is 294 g/mol. The van der Waals surface area contributed by atoms with Crippen LogP contribution in [-0.2, 0) is 0 Å². The molecule has 0 aliphatic heterocycles. The van der Waals surface area contributed by atoms with Crippen LogP contribution in [0, 0.1) is 0 Å². The van der Waals surface area contributed by atoms with Gasteiger partial charge in [0.2, 0.25) is 0 Å². The van der Waals surface area contributed by atoms with E-state index >= 15 is 0 Å². The van der Waals surface area contributed by atoms with E-state index < -0.39 is 0 Å². The van der Waals surface area contributed by atoms with Gasteiger partial charge < -0.3 is 9.84 Å². The summed E-state index contributed by atoms with van der Waals surface area (Å²) >= 11 is 0. The summed E-state index contributed by atoms with van der Waals surface area (Å²) in [6, 6.07) is 21.9. The van der Waals surface area contributed by atoms with Gasteiger partial charge in [0.25, 0.3) is 0 Å². The fourth-order valence-corrected chi connectivity index (χ4v) is 2.20. The molecule has 4 heteroatoms. The summed E-state index contributed by atoms with van der Waals surface area (Å²) in [5.74, 6) is 1.36. The number of rotatable bonds is 4. The standard InChI is InChI=1S/C18H15NO3/c20-15-8-11-17(13-4-2-1-3-5-13)18(12-15)22-16-9-6-14(19-21)7-10-16/h1-12,19-21H/p+1. The van der Waals surface area contributed by atoms with Gasteiger partial charge in [0.15, 0.2) is 5.69 Å². The first kappa shape index (κ1) is 14.1. The topological polar surface area (TPSA) is 66.3 Å². The average molecular weight is 294 g/mol. The van der Waals surface area contributed by atoms with Crippen molar-refractivity contribution in [1.82, 2.24) is 0 Å². The maximum atomic E-state index is 9.73. The van der Waals surface area contributed by atoms with E-state index in [0.29, 0.717) is 17.2 Å². The minimum atomic E-state index is 0.148. The molecule has 3 aromatic rings. The van der Waals surface area contributed by atoms with Gasteiger partial charge >= 0.3 is 0 Å². The third-order valence-electron chi connectivity index (χ3n) is 3.31. The number of benzene rings is 3. The van der Waals surface area contributed by atoms with Crippen LogP contribution in [0.25, 0.3) is 11.1 Å². The zero-order valence-electron chi connectivity index (χ0n) is 11.8. The summed E-state index contributed by atoms with van der Waals surface area (Å²) in [5, 5.41) is 18.7.